The second-order valence-corrected chi connectivity index (χ2v) is 5.63. The number of methoxy groups -OCH3 is 2. The van der Waals surface area contributed by atoms with Crippen LogP contribution in [0, 0.1) is 0 Å². The van der Waals surface area contributed by atoms with Crippen molar-refractivity contribution in [3.63, 3.8) is 0 Å². The summed E-state index contributed by atoms with van der Waals surface area (Å²) < 4.78 is 9.90. The minimum Gasteiger partial charge on any atom is -0.466 e. The summed E-state index contributed by atoms with van der Waals surface area (Å²) in [6.45, 7) is 2.26. The number of carbonyl (C=O) groups is 1. The standard InChI is InChI=1S/C18H34O3/c1-4-5-6-7-8-9-10-11-12-13-14-17(20-2)15-16-18(19)21-3/h15-17H,4-14H2,1-3H3/b16-15+. The Balaban J connectivity index is 3.43. The van der Waals surface area contributed by atoms with Gasteiger partial charge < -0.3 is 9.47 Å². The number of hydrogen-bond acceptors (Lipinski definition) is 3. The molecule has 0 amide bonds. The first-order chi connectivity index (χ1) is 10.2. The lowest BCUT2D eigenvalue weighted by atomic mass is 10.0. The molecule has 0 N–H and O–H groups in total. The topological polar surface area (TPSA) is 35.5 Å². The third-order valence-electron chi connectivity index (χ3n) is 3.79. The van der Waals surface area contributed by atoms with E-state index in [-0.39, 0.29) is 12.1 Å². The zero-order valence-electron chi connectivity index (χ0n) is 14.2. The highest BCUT2D eigenvalue weighted by Crippen LogP contribution is 2.13. The Morgan fingerprint density at radius 3 is 1.90 bits per heavy atom. The maximum absolute atomic E-state index is 11.0. The molecule has 21 heavy (non-hydrogen) atoms. The largest absolute Gasteiger partial charge is 0.466 e. The predicted molar refractivity (Wildman–Crippen MR) is 88.4 cm³/mol. The molecule has 0 fully saturated rings. The lowest BCUT2D eigenvalue weighted by molar-refractivity contribution is -0.134. The van der Waals surface area contributed by atoms with E-state index in [1.807, 2.05) is 0 Å². The number of rotatable bonds is 14. The van der Waals surface area contributed by atoms with E-state index in [9.17, 15) is 4.79 Å². The van der Waals surface area contributed by atoms with Crippen molar-refractivity contribution in [2.45, 2.75) is 83.7 Å². The second-order valence-electron chi connectivity index (χ2n) is 5.63. The van der Waals surface area contributed by atoms with Gasteiger partial charge in [0.05, 0.1) is 13.2 Å². The highest BCUT2D eigenvalue weighted by atomic mass is 16.5. The fourth-order valence-electron chi connectivity index (χ4n) is 2.38. The normalized spacial score (nSPS) is 12.7. The first-order valence-corrected chi connectivity index (χ1v) is 8.53. The van der Waals surface area contributed by atoms with Crippen LogP contribution in [-0.2, 0) is 14.3 Å². The van der Waals surface area contributed by atoms with Crippen molar-refractivity contribution in [1.29, 1.82) is 0 Å². The molecule has 0 aliphatic carbocycles. The lowest BCUT2D eigenvalue weighted by Gasteiger charge is -2.10. The van der Waals surface area contributed by atoms with Crippen LogP contribution in [0.1, 0.15) is 77.6 Å². The molecule has 1 atom stereocenters. The van der Waals surface area contributed by atoms with E-state index in [4.69, 9.17) is 4.74 Å². The van der Waals surface area contributed by atoms with Crippen LogP contribution in [0.4, 0.5) is 0 Å². The Bertz CT molecular complexity index is 261. The molecule has 0 saturated carbocycles. The zero-order valence-corrected chi connectivity index (χ0v) is 14.2. The van der Waals surface area contributed by atoms with Crippen LogP contribution in [0.3, 0.4) is 0 Å². The lowest BCUT2D eigenvalue weighted by Crippen LogP contribution is -2.08. The predicted octanol–water partition coefficient (Wildman–Crippen LogP) is 5.04. The van der Waals surface area contributed by atoms with Gasteiger partial charge in [-0.3, -0.25) is 0 Å². The summed E-state index contributed by atoms with van der Waals surface area (Å²) in [5.74, 6) is -0.319. The van der Waals surface area contributed by atoms with Crippen molar-refractivity contribution in [3.05, 3.63) is 12.2 Å². The van der Waals surface area contributed by atoms with Gasteiger partial charge in [0.2, 0.25) is 0 Å². The Labute approximate surface area is 131 Å². The SMILES string of the molecule is CCCCCCCCCCCCC(/C=C/C(=O)OC)OC. The molecule has 0 bridgehead atoms. The summed E-state index contributed by atoms with van der Waals surface area (Å²) in [7, 11) is 3.07. The van der Waals surface area contributed by atoms with Crippen LogP contribution < -0.4 is 0 Å². The smallest absolute Gasteiger partial charge is 0.330 e. The molecule has 0 aromatic heterocycles. The van der Waals surface area contributed by atoms with Crippen LogP contribution in [0.15, 0.2) is 12.2 Å². The maximum atomic E-state index is 11.0. The molecule has 0 rings (SSSR count). The van der Waals surface area contributed by atoms with Crippen molar-refractivity contribution >= 4 is 5.97 Å². The van der Waals surface area contributed by atoms with Crippen molar-refractivity contribution in [2.75, 3.05) is 14.2 Å². The van der Waals surface area contributed by atoms with Gasteiger partial charge in [-0.05, 0) is 12.5 Å². The second kappa shape index (κ2) is 15.6. The molecule has 0 aliphatic rings. The van der Waals surface area contributed by atoms with Crippen LogP contribution in [0.5, 0.6) is 0 Å². The van der Waals surface area contributed by atoms with Crippen LogP contribution >= 0.6 is 0 Å². The Hall–Kier alpha value is -0.830. The Morgan fingerprint density at radius 1 is 0.905 bits per heavy atom. The molecule has 0 aromatic carbocycles. The molecule has 0 aliphatic heterocycles. The third-order valence-corrected chi connectivity index (χ3v) is 3.79. The summed E-state index contributed by atoms with van der Waals surface area (Å²) in [6, 6.07) is 0. The van der Waals surface area contributed by atoms with E-state index < -0.39 is 0 Å². The van der Waals surface area contributed by atoms with Crippen molar-refractivity contribution in [3.8, 4) is 0 Å². The molecule has 0 heterocycles. The fourth-order valence-corrected chi connectivity index (χ4v) is 2.38. The molecule has 0 saturated heterocycles. The molecule has 3 heteroatoms. The average Bonchev–Trinajstić information content (AvgIpc) is 2.51. The first-order valence-electron chi connectivity index (χ1n) is 8.53. The van der Waals surface area contributed by atoms with Gasteiger partial charge in [-0.15, -0.1) is 0 Å². The van der Waals surface area contributed by atoms with Gasteiger partial charge in [-0.1, -0.05) is 71.1 Å². The van der Waals surface area contributed by atoms with Crippen LogP contribution in [0.25, 0.3) is 0 Å². The zero-order chi connectivity index (χ0) is 15.8. The van der Waals surface area contributed by atoms with Crippen LogP contribution in [0.2, 0.25) is 0 Å². The summed E-state index contributed by atoms with van der Waals surface area (Å²) in [5, 5.41) is 0. The number of carbonyl (C=O) groups excluding carboxylic acids is 1. The van der Waals surface area contributed by atoms with E-state index in [1.54, 1.807) is 13.2 Å². The monoisotopic (exact) mass is 298 g/mol. The minimum atomic E-state index is -0.319. The average molecular weight is 298 g/mol. The molecule has 0 aromatic rings. The van der Waals surface area contributed by atoms with Gasteiger partial charge >= 0.3 is 5.97 Å². The molecule has 0 radical (unpaired) electrons. The van der Waals surface area contributed by atoms with E-state index in [0.717, 1.165) is 12.8 Å². The quantitative estimate of drug-likeness (QED) is 0.256. The van der Waals surface area contributed by atoms with E-state index >= 15 is 0 Å². The highest BCUT2D eigenvalue weighted by molar-refractivity contribution is 5.81. The van der Waals surface area contributed by atoms with Crippen molar-refractivity contribution < 1.29 is 14.3 Å². The molecule has 0 spiro atoms. The van der Waals surface area contributed by atoms with Gasteiger partial charge in [0, 0.05) is 13.2 Å². The number of esters is 1. The van der Waals surface area contributed by atoms with Crippen molar-refractivity contribution in [1.82, 2.24) is 0 Å². The van der Waals surface area contributed by atoms with Gasteiger partial charge in [-0.25, -0.2) is 4.79 Å². The highest BCUT2D eigenvalue weighted by Gasteiger charge is 2.03. The van der Waals surface area contributed by atoms with Gasteiger partial charge in [0.15, 0.2) is 0 Å². The maximum Gasteiger partial charge on any atom is 0.330 e. The van der Waals surface area contributed by atoms with Crippen LogP contribution in [-0.4, -0.2) is 26.3 Å². The van der Waals surface area contributed by atoms with Gasteiger partial charge in [-0.2, -0.15) is 0 Å². The Kier molecular flexibility index (Phi) is 14.9. The molecular formula is C18H34O3. The Morgan fingerprint density at radius 2 is 1.43 bits per heavy atom. The summed E-state index contributed by atoms with van der Waals surface area (Å²) in [5.41, 5.74) is 0. The van der Waals surface area contributed by atoms with E-state index in [1.165, 1.54) is 71.0 Å². The molecule has 124 valence electrons. The van der Waals surface area contributed by atoms with E-state index in [2.05, 4.69) is 11.7 Å². The number of unbranched alkanes of at least 4 members (excludes halogenated alkanes) is 9. The fraction of sp³-hybridized carbons (Fsp3) is 0.833. The third kappa shape index (κ3) is 13.9. The van der Waals surface area contributed by atoms with E-state index in [0.29, 0.717) is 0 Å². The van der Waals surface area contributed by atoms with Gasteiger partial charge in [0.25, 0.3) is 0 Å². The summed E-state index contributed by atoms with van der Waals surface area (Å²) in [6.07, 6.45) is 17.6. The minimum absolute atomic E-state index is 0.0261. The first kappa shape index (κ1) is 20.2. The summed E-state index contributed by atoms with van der Waals surface area (Å²) >= 11 is 0. The molecule has 3 nitrogen and oxygen atoms in total. The molecule has 1 unspecified atom stereocenters. The number of hydrogen-bond donors (Lipinski definition) is 0. The number of ether oxygens (including phenoxy) is 2. The van der Waals surface area contributed by atoms with Gasteiger partial charge in [0.1, 0.15) is 0 Å². The summed E-state index contributed by atoms with van der Waals surface area (Å²) in [4.78, 5) is 11.0. The molecular weight excluding hydrogens is 264 g/mol. The van der Waals surface area contributed by atoms with Crippen molar-refractivity contribution in [2.24, 2.45) is 0 Å².